The van der Waals surface area contributed by atoms with Crippen LogP contribution in [0.25, 0.3) is 11.2 Å². The summed E-state index contributed by atoms with van der Waals surface area (Å²) in [5, 5.41) is 0. The Morgan fingerprint density at radius 1 is 1.47 bits per heavy atom. The number of nitrogens with one attached hydrogen (secondary N) is 1. The summed E-state index contributed by atoms with van der Waals surface area (Å²) < 4.78 is 0. The van der Waals surface area contributed by atoms with Crippen LogP contribution in [0.5, 0.6) is 0 Å². The summed E-state index contributed by atoms with van der Waals surface area (Å²) in [6, 6.07) is 0. The first-order valence-corrected chi connectivity index (χ1v) is 5.19. The lowest BCUT2D eigenvalue weighted by molar-refractivity contribution is 0.244. The number of aromatic nitrogens is 4. The van der Waals surface area contributed by atoms with Crippen molar-refractivity contribution >= 4 is 11.2 Å². The van der Waals surface area contributed by atoms with Crippen molar-refractivity contribution in [2.75, 3.05) is 0 Å². The van der Waals surface area contributed by atoms with Crippen molar-refractivity contribution in [2.45, 2.75) is 31.2 Å². The molecule has 1 saturated carbocycles. The molecule has 2 aromatic heterocycles. The summed E-state index contributed by atoms with van der Waals surface area (Å²) in [4.78, 5) is 15.6. The van der Waals surface area contributed by atoms with Crippen LogP contribution in [0.1, 0.15) is 25.1 Å². The fourth-order valence-electron chi connectivity index (χ4n) is 2.04. The summed E-state index contributed by atoms with van der Waals surface area (Å²) in [7, 11) is 0. The van der Waals surface area contributed by atoms with E-state index in [1.807, 2.05) is 0 Å². The van der Waals surface area contributed by atoms with E-state index < -0.39 is 0 Å². The molecule has 0 amide bonds. The number of hydrogen-bond acceptors (Lipinski definition) is 4. The highest BCUT2D eigenvalue weighted by Gasteiger charge is 2.33. The number of nitrogens with zero attached hydrogens (tertiary/aromatic N) is 3. The number of aromatic amines is 1. The molecule has 0 saturated heterocycles. The molecule has 2 heterocycles. The van der Waals surface area contributed by atoms with Crippen molar-refractivity contribution < 1.29 is 0 Å². The zero-order valence-electron chi connectivity index (χ0n) is 8.40. The molecule has 0 atom stereocenters. The van der Waals surface area contributed by atoms with E-state index in [2.05, 4.69) is 19.9 Å². The molecule has 0 unspecified atom stereocenters. The Morgan fingerprint density at radius 3 is 3.00 bits per heavy atom. The summed E-state index contributed by atoms with van der Waals surface area (Å²) in [5.74, 6) is 0.924. The summed E-state index contributed by atoms with van der Waals surface area (Å²) in [6.45, 7) is 0. The van der Waals surface area contributed by atoms with E-state index in [4.69, 9.17) is 5.73 Å². The van der Waals surface area contributed by atoms with Crippen LogP contribution in [-0.4, -0.2) is 25.5 Å². The number of rotatable bonds is 2. The van der Waals surface area contributed by atoms with E-state index in [0.29, 0.717) is 0 Å². The summed E-state index contributed by atoms with van der Waals surface area (Å²) in [6.07, 6.45) is 7.47. The number of H-pyrrole nitrogens is 1. The van der Waals surface area contributed by atoms with Crippen molar-refractivity contribution in [1.29, 1.82) is 0 Å². The molecule has 0 radical (unpaired) electrons. The topological polar surface area (TPSA) is 80.5 Å². The van der Waals surface area contributed by atoms with Crippen LogP contribution in [0.15, 0.2) is 12.5 Å². The van der Waals surface area contributed by atoms with Gasteiger partial charge < -0.3 is 10.7 Å². The molecule has 0 aliphatic heterocycles. The third kappa shape index (κ3) is 1.48. The average Bonchev–Trinajstić information content (AvgIpc) is 2.57. The lowest BCUT2D eigenvalue weighted by Gasteiger charge is -2.37. The number of imidazole rings is 1. The first-order chi connectivity index (χ1) is 7.25. The Hall–Kier alpha value is -1.49. The summed E-state index contributed by atoms with van der Waals surface area (Å²) in [5.41, 5.74) is 7.73. The molecule has 3 N–H and O–H groups in total. The van der Waals surface area contributed by atoms with Gasteiger partial charge in [-0.15, -0.1) is 0 Å². The SMILES string of the molecule is NC1(Cc2nc3ncncc3[nH]2)CCC1. The largest absolute Gasteiger partial charge is 0.339 e. The first kappa shape index (κ1) is 8.79. The zero-order valence-corrected chi connectivity index (χ0v) is 8.40. The Bertz CT molecular complexity index is 452. The van der Waals surface area contributed by atoms with Crippen LogP contribution in [0.3, 0.4) is 0 Å². The van der Waals surface area contributed by atoms with Gasteiger partial charge in [-0.25, -0.2) is 15.0 Å². The molecule has 15 heavy (non-hydrogen) atoms. The highest BCUT2D eigenvalue weighted by molar-refractivity contribution is 5.68. The van der Waals surface area contributed by atoms with Crippen LogP contribution >= 0.6 is 0 Å². The minimum atomic E-state index is -0.0404. The van der Waals surface area contributed by atoms with Crippen molar-refractivity contribution in [3.8, 4) is 0 Å². The van der Waals surface area contributed by atoms with E-state index >= 15 is 0 Å². The second kappa shape index (κ2) is 3.00. The molecular formula is C10H13N5. The minimum Gasteiger partial charge on any atom is -0.339 e. The molecule has 1 fully saturated rings. The van der Waals surface area contributed by atoms with E-state index in [1.165, 1.54) is 12.7 Å². The van der Waals surface area contributed by atoms with Gasteiger partial charge in [0.1, 0.15) is 17.7 Å². The molecule has 5 nitrogen and oxygen atoms in total. The fourth-order valence-corrected chi connectivity index (χ4v) is 2.04. The minimum absolute atomic E-state index is 0.0404. The van der Waals surface area contributed by atoms with Gasteiger partial charge in [0.25, 0.3) is 0 Å². The zero-order chi connectivity index (χ0) is 10.3. The van der Waals surface area contributed by atoms with Gasteiger partial charge >= 0.3 is 0 Å². The highest BCUT2D eigenvalue weighted by Crippen LogP contribution is 2.31. The first-order valence-electron chi connectivity index (χ1n) is 5.19. The van der Waals surface area contributed by atoms with Crippen LogP contribution in [0.2, 0.25) is 0 Å². The van der Waals surface area contributed by atoms with E-state index in [-0.39, 0.29) is 5.54 Å². The summed E-state index contributed by atoms with van der Waals surface area (Å²) >= 11 is 0. The third-order valence-corrected chi connectivity index (χ3v) is 3.08. The van der Waals surface area contributed by atoms with Crippen molar-refractivity contribution in [2.24, 2.45) is 5.73 Å². The third-order valence-electron chi connectivity index (χ3n) is 3.08. The molecule has 1 aliphatic rings. The van der Waals surface area contributed by atoms with Gasteiger partial charge in [0.2, 0.25) is 0 Å². The molecule has 78 valence electrons. The Labute approximate surface area is 87.1 Å². The maximum Gasteiger partial charge on any atom is 0.180 e. The quantitative estimate of drug-likeness (QED) is 0.755. The molecule has 0 spiro atoms. The number of hydrogen-bond donors (Lipinski definition) is 2. The maximum atomic E-state index is 6.16. The molecule has 5 heteroatoms. The molecule has 2 aromatic rings. The predicted octanol–water partition coefficient (Wildman–Crippen LogP) is 0.777. The lowest BCUT2D eigenvalue weighted by Crippen LogP contribution is -2.48. The second-order valence-electron chi connectivity index (χ2n) is 4.34. The van der Waals surface area contributed by atoms with Gasteiger partial charge in [-0.05, 0) is 19.3 Å². The normalized spacial score (nSPS) is 19.0. The number of nitrogens with two attached hydrogens (primary N) is 1. The van der Waals surface area contributed by atoms with Gasteiger partial charge in [-0.3, -0.25) is 0 Å². The van der Waals surface area contributed by atoms with Crippen LogP contribution in [0.4, 0.5) is 0 Å². The molecular weight excluding hydrogens is 190 g/mol. The predicted molar refractivity (Wildman–Crippen MR) is 56.2 cm³/mol. The van der Waals surface area contributed by atoms with Crippen molar-refractivity contribution in [3.63, 3.8) is 0 Å². The molecule has 0 bridgehead atoms. The Morgan fingerprint density at radius 2 is 2.33 bits per heavy atom. The van der Waals surface area contributed by atoms with Gasteiger partial charge in [0.05, 0.1) is 6.20 Å². The Balaban J connectivity index is 1.91. The van der Waals surface area contributed by atoms with E-state index in [0.717, 1.165) is 36.3 Å². The standard InChI is InChI=1S/C10H13N5/c11-10(2-1-3-10)4-8-14-7-5-12-6-13-9(7)15-8/h5-6H,1-4,11H2,(H,12,13,14,15). The van der Waals surface area contributed by atoms with Crippen LogP contribution in [0, 0.1) is 0 Å². The highest BCUT2D eigenvalue weighted by atomic mass is 15.0. The molecule has 3 rings (SSSR count). The molecule has 1 aliphatic carbocycles. The van der Waals surface area contributed by atoms with Crippen molar-refractivity contribution in [1.82, 2.24) is 19.9 Å². The van der Waals surface area contributed by atoms with E-state index in [9.17, 15) is 0 Å². The smallest absolute Gasteiger partial charge is 0.180 e. The second-order valence-corrected chi connectivity index (χ2v) is 4.34. The van der Waals surface area contributed by atoms with Gasteiger partial charge in [-0.1, -0.05) is 0 Å². The van der Waals surface area contributed by atoms with Gasteiger partial charge in [0.15, 0.2) is 5.65 Å². The lowest BCUT2D eigenvalue weighted by atomic mass is 9.75. The van der Waals surface area contributed by atoms with Crippen LogP contribution < -0.4 is 5.73 Å². The fraction of sp³-hybridized carbons (Fsp3) is 0.500. The average molecular weight is 203 g/mol. The van der Waals surface area contributed by atoms with Gasteiger partial charge in [0, 0.05) is 12.0 Å². The molecule has 0 aromatic carbocycles. The van der Waals surface area contributed by atoms with Crippen LogP contribution in [-0.2, 0) is 6.42 Å². The maximum absolute atomic E-state index is 6.16. The number of fused-ring (bicyclic) bond motifs is 1. The Kier molecular flexibility index (Phi) is 1.76. The van der Waals surface area contributed by atoms with Crippen molar-refractivity contribution in [3.05, 3.63) is 18.3 Å². The van der Waals surface area contributed by atoms with E-state index in [1.54, 1.807) is 6.20 Å². The monoisotopic (exact) mass is 203 g/mol. The van der Waals surface area contributed by atoms with Gasteiger partial charge in [-0.2, -0.15) is 0 Å².